The summed E-state index contributed by atoms with van der Waals surface area (Å²) in [5.74, 6) is 0.918. The summed E-state index contributed by atoms with van der Waals surface area (Å²) in [6, 6.07) is 0. The van der Waals surface area contributed by atoms with Gasteiger partial charge in [-0.3, -0.25) is 32.9 Å². The fourth-order valence-electron chi connectivity index (χ4n) is 13.2. The number of ether oxygens (including phenoxy) is 5. The third-order valence-corrected chi connectivity index (χ3v) is 20.8. The number of nitrogen functional groups attached to an aromatic ring is 4. The summed E-state index contributed by atoms with van der Waals surface area (Å²) in [5.41, 5.74) is 16.4. The van der Waals surface area contributed by atoms with Crippen molar-refractivity contribution in [2.24, 2.45) is 11.8 Å². The first-order chi connectivity index (χ1) is 52.7. The van der Waals surface area contributed by atoms with Gasteiger partial charge in [-0.05, 0) is 41.0 Å². The minimum absolute atomic E-state index is 0.00332. The van der Waals surface area contributed by atoms with Gasteiger partial charge in [-0.2, -0.15) is 49.8 Å². The number of nitrogens with one attached hydrogen (secondary N) is 5. The smallest absolute Gasteiger partial charge is 0.233 e. The van der Waals surface area contributed by atoms with Gasteiger partial charge in [0.25, 0.3) is 0 Å². The van der Waals surface area contributed by atoms with Crippen LogP contribution in [0.3, 0.4) is 0 Å². The van der Waals surface area contributed by atoms with Gasteiger partial charge in [0.1, 0.15) is 60.2 Å². The second kappa shape index (κ2) is 31.6. The molecule has 0 saturated carbocycles. The third kappa shape index (κ3) is 14.9. The Morgan fingerprint density at radius 1 is 0.518 bits per heavy atom. The number of amides is 1. The second-order valence-corrected chi connectivity index (χ2v) is 29.0. The number of carbonyl (C=O) groups excluding carboxylic acids is 1. The average molecular weight is 1710 g/mol. The molecule has 0 bridgehead atoms. The summed E-state index contributed by atoms with van der Waals surface area (Å²) in [7, 11) is 6.64. The van der Waals surface area contributed by atoms with Crippen molar-refractivity contribution in [1.82, 2.24) is 97.6 Å². The molecule has 5 aliphatic rings. The number of hydrogen-bond donors (Lipinski definition) is 14. The summed E-state index contributed by atoms with van der Waals surface area (Å²) in [6.07, 6.45) is -5.07. The molecular formula is C65H86ClF5IN29O11. The van der Waals surface area contributed by atoms with E-state index in [2.05, 4.69) is 137 Å². The summed E-state index contributed by atoms with van der Waals surface area (Å²) < 4.78 is 110. The molecule has 40 nitrogen and oxygen atoms in total. The lowest BCUT2D eigenvalue weighted by atomic mass is 9.88. The summed E-state index contributed by atoms with van der Waals surface area (Å²) in [4.78, 5) is 73.6. The Morgan fingerprint density at radius 3 is 1.16 bits per heavy atom. The Kier molecular flexibility index (Phi) is 23.4. The van der Waals surface area contributed by atoms with Gasteiger partial charge in [0.05, 0.1) is 37.8 Å². The van der Waals surface area contributed by atoms with Crippen LogP contribution in [0.5, 0.6) is 0 Å². The highest BCUT2D eigenvalue weighted by Crippen LogP contribution is 2.50. The van der Waals surface area contributed by atoms with E-state index in [1.807, 2.05) is 13.8 Å². The fraction of sp³-hybridized carbons (Fsp3) is 0.538. The van der Waals surface area contributed by atoms with Gasteiger partial charge in [-0.15, -0.1) is 0 Å². The van der Waals surface area contributed by atoms with Crippen molar-refractivity contribution >= 4 is 149 Å². The Labute approximate surface area is 652 Å². The first kappa shape index (κ1) is 83.0. The summed E-state index contributed by atoms with van der Waals surface area (Å²) in [5, 5.41) is 63.2. The first-order valence-electron chi connectivity index (χ1n) is 34.6. The molecule has 0 radical (unpaired) electrons. The molecule has 18 atom stereocenters. The number of alkyl halides is 6. The van der Waals surface area contributed by atoms with Gasteiger partial charge in [-0.1, -0.05) is 75.0 Å². The lowest BCUT2D eigenvalue weighted by molar-refractivity contribution is -0.118. The Balaban J connectivity index is 0.000000139. The quantitative estimate of drug-likeness (QED) is 0.0287. The second-order valence-electron chi connectivity index (χ2n) is 27.8. The molecule has 18 N–H and O–H groups in total. The predicted octanol–water partition coefficient (Wildman–Crippen LogP) is 5.21. The number of aliphatic hydroxyl groups is 5. The zero-order valence-electron chi connectivity index (χ0n) is 62.6. The predicted molar refractivity (Wildman–Crippen MR) is 408 cm³/mol. The largest absolute Gasteiger partial charge is 0.469 e. The van der Waals surface area contributed by atoms with Crippen LogP contribution in [0.1, 0.15) is 99.9 Å². The van der Waals surface area contributed by atoms with Crippen molar-refractivity contribution in [3.05, 3.63) is 61.5 Å². The number of nitrogens with zero attached hydrogens (tertiary/aromatic N) is 20. The maximum absolute atomic E-state index is 15.1. The molecular weight excluding hydrogens is 1620 g/mol. The number of fused-ring (bicyclic) bond motifs is 5. The van der Waals surface area contributed by atoms with Crippen LogP contribution in [0.4, 0.5) is 75.0 Å². The zero-order valence-corrected chi connectivity index (χ0v) is 65.5. The Bertz CT molecular complexity index is 5050. The van der Waals surface area contributed by atoms with Crippen LogP contribution in [0, 0.1) is 11.8 Å². The lowest BCUT2D eigenvalue weighted by Crippen LogP contribution is -2.40. The molecule has 5 aliphatic heterocycles. The van der Waals surface area contributed by atoms with Crippen molar-refractivity contribution in [2.45, 2.75) is 171 Å². The molecule has 5 fully saturated rings. The number of aliphatic hydroxyl groups excluding tert-OH is 5. The summed E-state index contributed by atoms with van der Waals surface area (Å²) >= 11 is 8.05. The topological polar surface area (TPSA) is 547 Å². The number of imidazole rings is 5. The van der Waals surface area contributed by atoms with E-state index in [0.29, 0.717) is 72.2 Å². The van der Waals surface area contributed by atoms with Gasteiger partial charge in [0.2, 0.25) is 48.1 Å². The standard InChI is InChI=1S/C16H21FN6O3.C13H17ClFN5O.C12H16FIN6O2.C12H17FN6O3.C12H15FN6O2/c1-7(2)13(25)22-15-20-11(18-5)9-12(21-15)23(6-19-9)14-16(4,17)10(24)8(3)26-14;1-4-7-6(2)13(3,15)11(21-7)20-5-17-8-9(14)18-12(16)19-10(8)20;1-12(13)7(21)5(3-14)22-10(12)20-4-17-6-8(16-2)18-11(15)19-9(6)20;1-12(13)7(21)5(3-20)22-10(12)19-4-16-6-8(15-2)17-11(14)18-9(6)19;1-5-7(20)12(2,13)10(21-5)19-4-16-6-8(15-3)17-11(14)18-9(6)19/h6-7,10,14,24H,3H2,1-2,4-5H3,(H2,18,20,21,22,25);5-7,11H,4H2,1-3H3,(H2,16,18,19);4-5,7,10,21H,3H2,1-2H3,(H3,15,16,18,19);4-5,7,10,20-21H,3H2,1-2H3,(H3,14,15,17,18);4,7,10,20H,1H2,2-3H3,(H3,14,15,17,18)/t10-,14-,16-;6-,7-,11-,13-;2*5-,7-,10-,12-;7-,10-,12-/m11111/s1. The normalized spacial score (nSPS) is 30.0. The van der Waals surface area contributed by atoms with E-state index in [4.69, 9.17) is 58.2 Å². The molecule has 5 saturated heterocycles. The van der Waals surface area contributed by atoms with Gasteiger partial charge in [0, 0.05) is 44.5 Å². The third-order valence-electron chi connectivity index (χ3n) is 19.7. The molecule has 10 aromatic rings. The van der Waals surface area contributed by atoms with Gasteiger partial charge < -0.3 is 93.4 Å². The SMILES string of the molecule is C=C1O[C@@H](n2cnc3c(NC)nc(N)nc32)[C@](C)(F)[C@@H]1O.C=C1O[C@@H](n2cnc3c(NC)nc(NC(=O)C(C)C)nc32)[C@](C)(F)[C@@H]1O.CC[C@H]1O[C@@H](n2cnc3c(Cl)nc(N)nc32)[C@](C)(F)[C@@H]1C.CNc1nc(N)nc2c1ncn2[C@@H]1O[C@H](CI)[C@@H](O)[C@@]1(C)F.CNc1nc(N)nc2c1ncn2[C@@H]1O[C@H](CO)[C@@H](O)[C@@]1(C)F. The van der Waals surface area contributed by atoms with Crippen molar-refractivity contribution in [2.75, 3.05) is 88.7 Å². The van der Waals surface area contributed by atoms with Gasteiger partial charge in [-0.25, -0.2) is 46.9 Å². The highest BCUT2D eigenvalue weighted by Gasteiger charge is 2.58. The highest BCUT2D eigenvalue weighted by atomic mass is 127. The van der Waals surface area contributed by atoms with E-state index in [-0.39, 0.29) is 81.6 Å². The molecule has 0 spiro atoms. The van der Waals surface area contributed by atoms with Crippen LogP contribution in [-0.2, 0) is 28.5 Å². The lowest BCUT2D eigenvalue weighted by Gasteiger charge is -2.25. The number of rotatable bonds is 14. The van der Waals surface area contributed by atoms with Crippen LogP contribution >= 0.6 is 34.2 Å². The van der Waals surface area contributed by atoms with E-state index in [0.717, 1.165) is 6.42 Å². The zero-order chi connectivity index (χ0) is 82.1. The van der Waals surface area contributed by atoms with Crippen LogP contribution in [0.15, 0.2) is 56.3 Å². The average Bonchev–Trinajstić information content (AvgIpc) is 1.59. The molecule has 10 aromatic heterocycles. The number of carbonyl (C=O) groups is 1. The van der Waals surface area contributed by atoms with Gasteiger partial charge in [0.15, 0.2) is 126 Å². The number of halogens is 7. The number of hydrogen-bond acceptors (Lipinski definition) is 34. The highest BCUT2D eigenvalue weighted by molar-refractivity contribution is 14.1. The fourth-order valence-corrected chi connectivity index (χ4v) is 14.1. The minimum Gasteiger partial charge on any atom is -0.469 e. The molecule has 112 heavy (non-hydrogen) atoms. The molecule has 0 aliphatic carbocycles. The maximum atomic E-state index is 15.1. The van der Waals surface area contributed by atoms with Crippen LogP contribution in [-0.4, -0.2) is 239 Å². The molecule has 0 unspecified atom stereocenters. The molecule has 47 heteroatoms. The molecule has 606 valence electrons. The van der Waals surface area contributed by atoms with E-state index >= 15 is 4.39 Å². The van der Waals surface area contributed by atoms with E-state index in [9.17, 15) is 47.9 Å². The van der Waals surface area contributed by atoms with E-state index < -0.39 is 103 Å². The Morgan fingerprint density at radius 2 is 0.839 bits per heavy atom. The minimum atomic E-state index is -2.13. The van der Waals surface area contributed by atoms with Crippen LogP contribution in [0.2, 0.25) is 5.15 Å². The van der Waals surface area contributed by atoms with Crippen molar-refractivity contribution in [3.8, 4) is 0 Å². The maximum Gasteiger partial charge on any atom is 0.233 e. The summed E-state index contributed by atoms with van der Waals surface area (Å²) in [6.45, 7) is 20.3. The number of anilines is 9. The molecule has 15 rings (SSSR count). The molecule has 1 amide bonds. The van der Waals surface area contributed by atoms with E-state index in [1.165, 1.54) is 84.5 Å². The first-order valence-corrected chi connectivity index (χ1v) is 36.5. The number of aromatic nitrogens is 20. The van der Waals surface area contributed by atoms with Crippen LogP contribution in [0.25, 0.3) is 55.8 Å². The Hall–Kier alpha value is -9.95. The molecule has 15 heterocycles. The monoisotopic (exact) mass is 1710 g/mol. The van der Waals surface area contributed by atoms with Crippen molar-refractivity contribution in [1.29, 1.82) is 0 Å². The van der Waals surface area contributed by atoms with Crippen molar-refractivity contribution in [3.63, 3.8) is 0 Å². The molecule has 0 aromatic carbocycles. The van der Waals surface area contributed by atoms with Gasteiger partial charge >= 0.3 is 0 Å². The van der Waals surface area contributed by atoms with Crippen LogP contribution < -0.4 is 49.5 Å². The van der Waals surface area contributed by atoms with Crippen molar-refractivity contribution < 1.29 is 76.0 Å². The number of nitrogens with two attached hydrogens (primary N) is 4. The van der Waals surface area contributed by atoms with E-state index in [1.54, 1.807) is 46.6 Å².